The molecule has 0 aliphatic rings. The highest BCUT2D eigenvalue weighted by molar-refractivity contribution is 7.91. The Morgan fingerprint density at radius 3 is 2.69 bits per heavy atom. The first-order valence-electron chi connectivity index (χ1n) is 8.17. The van der Waals surface area contributed by atoms with Crippen molar-refractivity contribution < 1.29 is 13.2 Å². The predicted molar refractivity (Wildman–Crippen MR) is 103 cm³/mol. The number of aromatic amines is 1. The van der Waals surface area contributed by atoms with Crippen LogP contribution in [0.1, 0.15) is 17.7 Å². The Hall–Kier alpha value is -2.31. The van der Waals surface area contributed by atoms with Gasteiger partial charge < -0.3 is 10.3 Å². The highest BCUT2D eigenvalue weighted by Gasteiger charge is 2.19. The number of H-pyrrole nitrogens is 1. The Bertz CT molecular complexity index is 1060. The van der Waals surface area contributed by atoms with Gasteiger partial charge in [-0.25, -0.2) is 8.42 Å². The molecule has 1 heterocycles. The molecule has 1 aromatic heterocycles. The van der Waals surface area contributed by atoms with Crippen molar-refractivity contribution in [2.24, 2.45) is 0 Å². The monoisotopic (exact) mass is 390 g/mol. The molecule has 2 N–H and O–H groups in total. The summed E-state index contributed by atoms with van der Waals surface area (Å²) in [6.45, 7) is 2.34. The van der Waals surface area contributed by atoms with E-state index in [0.29, 0.717) is 6.54 Å². The summed E-state index contributed by atoms with van der Waals surface area (Å²) in [6.07, 6.45) is -0.112. The summed E-state index contributed by atoms with van der Waals surface area (Å²) in [5.41, 5.74) is 3.08. The fourth-order valence-corrected chi connectivity index (χ4v) is 4.57. The molecule has 5 nitrogen and oxygen atoms in total. The number of rotatable bonds is 6. The molecule has 1 amide bonds. The lowest BCUT2D eigenvalue weighted by Gasteiger charge is -2.08. The van der Waals surface area contributed by atoms with Gasteiger partial charge in [-0.15, -0.1) is 0 Å². The number of sulfone groups is 1. The summed E-state index contributed by atoms with van der Waals surface area (Å²) < 4.78 is 24.6. The molecule has 3 aromatic rings. The topological polar surface area (TPSA) is 79.0 Å². The molecule has 26 heavy (non-hydrogen) atoms. The number of aryl methyl sites for hydroxylation is 1. The van der Waals surface area contributed by atoms with Crippen molar-refractivity contribution in [3.05, 3.63) is 64.8 Å². The molecule has 2 aromatic carbocycles. The van der Waals surface area contributed by atoms with Crippen LogP contribution in [0.3, 0.4) is 0 Å². The zero-order valence-corrected chi connectivity index (χ0v) is 15.8. The Morgan fingerprint density at radius 2 is 1.92 bits per heavy atom. The molecule has 7 heteroatoms. The number of carbonyl (C=O) groups is 1. The summed E-state index contributed by atoms with van der Waals surface area (Å²) in [5.74, 6) is -0.593. The van der Waals surface area contributed by atoms with E-state index in [1.807, 2.05) is 31.2 Å². The zero-order valence-electron chi connectivity index (χ0n) is 14.3. The molecule has 0 unspecified atom stereocenters. The van der Waals surface area contributed by atoms with Gasteiger partial charge in [-0.05, 0) is 48.2 Å². The second-order valence-corrected chi connectivity index (χ2v) is 8.63. The van der Waals surface area contributed by atoms with E-state index in [9.17, 15) is 13.2 Å². The number of carbonyl (C=O) groups excluding carboxylic acids is 1. The molecule has 0 saturated carbocycles. The number of hydrogen-bond donors (Lipinski definition) is 2. The van der Waals surface area contributed by atoms with Crippen LogP contribution in [0, 0.1) is 6.92 Å². The van der Waals surface area contributed by atoms with Crippen LogP contribution in [-0.2, 0) is 21.2 Å². The van der Waals surface area contributed by atoms with Gasteiger partial charge in [0.2, 0.25) is 5.91 Å². The van der Waals surface area contributed by atoms with Crippen molar-refractivity contribution >= 4 is 38.2 Å². The average Bonchev–Trinajstić information content (AvgIpc) is 2.97. The zero-order chi connectivity index (χ0) is 18.7. The highest BCUT2D eigenvalue weighted by Crippen LogP contribution is 2.22. The van der Waals surface area contributed by atoms with E-state index in [2.05, 4.69) is 10.3 Å². The van der Waals surface area contributed by atoms with Gasteiger partial charge in [-0.2, -0.15) is 0 Å². The van der Waals surface area contributed by atoms with Crippen molar-refractivity contribution in [1.82, 2.24) is 10.3 Å². The lowest BCUT2D eigenvalue weighted by atomic mass is 10.1. The lowest BCUT2D eigenvalue weighted by molar-refractivity contribution is -0.120. The smallest absolute Gasteiger partial charge is 0.221 e. The molecule has 0 spiro atoms. The maximum absolute atomic E-state index is 12.3. The Balaban J connectivity index is 1.57. The second kappa shape index (κ2) is 7.51. The van der Waals surface area contributed by atoms with E-state index in [1.54, 1.807) is 12.1 Å². The SMILES string of the molecule is Cc1cc2cc(CNC(=O)CCS(=O)(=O)c3ccccc3Cl)ccc2[nH]1. The normalized spacial score (nSPS) is 11.6. The number of aromatic nitrogens is 1. The van der Waals surface area contributed by atoms with Crippen LogP contribution >= 0.6 is 11.6 Å². The third kappa shape index (κ3) is 4.26. The van der Waals surface area contributed by atoms with Crippen LogP contribution in [0.15, 0.2) is 53.4 Å². The van der Waals surface area contributed by atoms with Gasteiger partial charge in [0.15, 0.2) is 9.84 Å². The maximum Gasteiger partial charge on any atom is 0.221 e. The van der Waals surface area contributed by atoms with Crippen molar-refractivity contribution in [3.63, 3.8) is 0 Å². The van der Waals surface area contributed by atoms with Crippen LogP contribution in [0.4, 0.5) is 0 Å². The van der Waals surface area contributed by atoms with Gasteiger partial charge in [-0.1, -0.05) is 29.8 Å². The summed E-state index contributed by atoms with van der Waals surface area (Å²) in [7, 11) is -3.59. The van der Waals surface area contributed by atoms with E-state index in [0.717, 1.165) is 22.2 Å². The fourth-order valence-electron chi connectivity index (χ4n) is 2.76. The van der Waals surface area contributed by atoms with Crippen LogP contribution in [0.2, 0.25) is 5.02 Å². The minimum absolute atomic E-state index is 0.0581. The van der Waals surface area contributed by atoms with Crippen LogP contribution in [0.25, 0.3) is 10.9 Å². The first-order chi connectivity index (χ1) is 12.3. The maximum atomic E-state index is 12.3. The summed E-state index contributed by atoms with van der Waals surface area (Å²) in [5, 5.41) is 4.01. The summed E-state index contributed by atoms with van der Waals surface area (Å²) >= 11 is 5.93. The van der Waals surface area contributed by atoms with Gasteiger partial charge in [0.05, 0.1) is 15.7 Å². The quantitative estimate of drug-likeness (QED) is 0.674. The van der Waals surface area contributed by atoms with E-state index in [1.165, 1.54) is 12.1 Å². The number of amides is 1. The van der Waals surface area contributed by atoms with E-state index >= 15 is 0 Å². The Morgan fingerprint density at radius 1 is 1.15 bits per heavy atom. The molecule has 0 radical (unpaired) electrons. The lowest BCUT2D eigenvalue weighted by Crippen LogP contribution is -2.25. The van der Waals surface area contributed by atoms with Gasteiger partial charge in [-0.3, -0.25) is 4.79 Å². The van der Waals surface area contributed by atoms with Crippen LogP contribution in [-0.4, -0.2) is 25.1 Å². The second-order valence-electron chi connectivity index (χ2n) is 6.15. The van der Waals surface area contributed by atoms with E-state index < -0.39 is 9.84 Å². The van der Waals surface area contributed by atoms with Crippen LogP contribution < -0.4 is 5.32 Å². The van der Waals surface area contributed by atoms with Crippen molar-refractivity contribution in [1.29, 1.82) is 0 Å². The number of nitrogens with one attached hydrogen (secondary N) is 2. The standard InChI is InChI=1S/C19H19ClN2O3S/c1-13-10-15-11-14(6-7-17(15)22-13)12-21-19(23)8-9-26(24,25)18-5-3-2-4-16(18)20/h2-7,10-11,22H,8-9,12H2,1H3,(H,21,23). The number of benzene rings is 2. The Labute approximate surface area is 157 Å². The summed E-state index contributed by atoms with van der Waals surface area (Å²) in [6, 6.07) is 14.2. The Kier molecular flexibility index (Phi) is 5.34. The molecular formula is C19H19ClN2O3S. The molecule has 0 atom stereocenters. The third-order valence-electron chi connectivity index (χ3n) is 4.08. The van der Waals surface area contributed by atoms with Gasteiger partial charge >= 0.3 is 0 Å². The molecular weight excluding hydrogens is 372 g/mol. The minimum Gasteiger partial charge on any atom is -0.359 e. The third-order valence-corrected chi connectivity index (χ3v) is 6.29. The van der Waals surface area contributed by atoms with E-state index in [-0.39, 0.29) is 28.0 Å². The highest BCUT2D eigenvalue weighted by atomic mass is 35.5. The van der Waals surface area contributed by atoms with Gasteiger partial charge in [0.1, 0.15) is 0 Å². The molecule has 3 rings (SSSR count). The molecule has 0 bridgehead atoms. The van der Waals surface area contributed by atoms with Crippen molar-refractivity contribution in [2.75, 3.05) is 5.75 Å². The van der Waals surface area contributed by atoms with Gasteiger partial charge in [0, 0.05) is 24.2 Å². The average molecular weight is 391 g/mol. The molecule has 136 valence electrons. The first kappa shape index (κ1) is 18.5. The minimum atomic E-state index is -3.59. The summed E-state index contributed by atoms with van der Waals surface area (Å²) in [4.78, 5) is 15.3. The fraction of sp³-hybridized carbons (Fsp3) is 0.211. The number of halogens is 1. The molecule has 0 fully saturated rings. The van der Waals surface area contributed by atoms with E-state index in [4.69, 9.17) is 11.6 Å². The number of fused-ring (bicyclic) bond motifs is 1. The van der Waals surface area contributed by atoms with Crippen molar-refractivity contribution in [2.45, 2.75) is 24.8 Å². The molecule has 0 aliphatic carbocycles. The molecule has 0 saturated heterocycles. The number of hydrogen-bond acceptors (Lipinski definition) is 3. The van der Waals surface area contributed by atoms with Gasteiger partial charge in [0.25, 0.3) is 0 Å². The first-order valence-corrected chi connectivity index (χ1v) is 10.2. The largest absolute Gasteiger partial charge is 0.359 e. The molecule has 0 aliphatic heterocycles. The van der Waals surface area contributed by atoms with Crippen LogP contribution in [0.5, 0.6) is 0 Å². The predicted octanol–water partition coefficient (Wildman–Crippen LogP) is 3.61. The van der Waals surface area contributed by atoms with Crippen molar-refractivity contribution in [3.8, 4) is 0 Å².